The number of anilines is 1. The average molecular weight is 350 g/mol. The van der Waals surface area contributed by atoms with E-state index in [-0.39, 0.29) is 17.1 Å². The van der Waals surface area contributed by atoms with Crippen LogP contribution in [-0.2, 0) is 10.0 Å². The highest BCUT2D eigenvalue weighted by molar-refractivity contribution is 7.92. The monoisotopic (exact) mass is 350 g/mol. The fourth-order valence-electron chi connectivity index (χ4n) is 2.25. The normalized spacial score (nSPS) is 11.1. The van der Waals surface area contributed by atoms with Gasteiger partial charge in [-0.3, -0.25) is 14.4 Å². The van der Waals surface area contributed by atoms with Crippen molar-refractivity contribution in [2.75, 3.05) is 17.5 Å². The van der Waals surface area contributed by atoms with E-state index in [1.54, 1.807) is 31.2 Å². The summed E-state index contributed by atoms with van der Waals surface area (Å²) in [5.41, 5.74) is 0.317. The fraction of sp³-hybridized carbons (Fsp3) is 0.250. The summed E-state index contributed by atoms with van der Waals surface area (Å²) < 4.78 is 32.3. The maximum Gasteiger partial charge on any atom is 0.269 e. The summed E-state index contributed by atoms with van der Waals surface area (Å²) in [5.74, 6) is 0.576. The zero-order chi connectivity index (χ0) is 17.7. The van der Waals surface area contributed by atoms with E-state index in [1.807, 2.05) is 6.92 Å². The lowest BCUT2D eigenvalue weighted by atomic mass is 10.3. The Balaban J connectivity index is 2.41. The number of non-ortho nitro benzene ring substituents is 1. The summed E-state index contributed by atoms with van der Waals surface area (Å²) in [7, 11) is -3.82. The zero-order valence-corrected chi connectivity index (χ0v) is 14.2. The van der Waals surface area contributed by atoms with E-state index in [4.69, 9.17) is 4.74 Å². The number of hydrogen-bond donors (Lipinski definition) is 0. The summed E-state index contributed by atoms with van der Waals surface area (Å²) in [6.07, 6.45) is 0. The summed E-state index contributed by atoms with van der Waals surface area (Å²) in [5, 5.41) is 10.7. The van der Waals surface area contributed by atoms with E-state index in [0.717, 1.165) is 0 Å². The third-order valence-electron chi connectivity index (χ3n) is 3.34. The number of sulfonamides is 1. The third kappa shape index (κ3) is 3.65. The molecule has 24 heavy (non-hydrogen) atoms. The maximum atomic E-state index is 12.8. The Morgan fingerprint density at radius 3 is 2.33 bits per heavy atom. The Kier molecular flexibility index (Phi) is 5.40. The van der Waals surface area contributed by atoms with Gasteiger partial charge in [0.15, 0.2) is 0 Å². The molecule has 0 fully saturated rings. The second-order valence-electron chi connectivity index (χ2n) is 4.85. The topological polar surface area (TPSA) is 89.8 Å². The van der Waals surface area contributed by atoms with Crippen LogP contribution in [0.15, 0.2) is 53.4 Å². The molecule has 8 heteroatoms. The minimum atomic E-state index is -3.82. The largest absolute Gasteiger partial charge is 0.494 e. The van der Waals surface area contributed by atoms with E-state index in [2.05, 4.69) is 0 Å². The molecule has 7 nitrogen and oxygen atoms in total. The average Bonchev–Trinajstić information content (AvgIpc) is 2.56. The number of rotatable bonds is 7. The summed E-state index contributed by atoms with van der Waals surface area (Å²) in [6.45, 7) is 4.26. The molecule has 0 bridgehead atoms. The number of benzene rings is 2. The number of nitro groups is 1. The lowest BCUT2D eigenvalue weighted by Gasteiger charge is -2.23. The highest BCUT2D eigenvalue weighted by Crippen LogP contribution is 2.27. The molecule has 2 aromatic carbocycles. The van der Waals surface area contributed by atoms with Crippen molar-refractivity contribution >= 4 is 21.4 Å². The van der Waals surface area contributed by atoms with Crippen LogP contribution in [0.25, 0.3) is 0 Å². The molecular weight excluding hydrogens is 332 g/mol. The van der Waals surface area contributed by atoms with Gasteiger partial charge in [0.25, 0.3) is 15.7 Å². The van der Waals surface area contributed by atoms with Gasteiger partial charge in [0, 0.05) is 24.7 Å². The summed E-state index contributed by atoms with van der Waals surface area (Å²) in [4.78, 5) is 10.1. The van der Waals surface area contributed by atoms with Gasteiger partial charge in [-0.2, -0.15) is 0 Å². The van der Waals surface area contributed by atoms with Crippen LogP contribution >= 0.6 is 0 Å². The van der Waals surface area contributed by atoms with Crippen molar-refractivity contribution in [2.24, 2.45) is 0 Å². The molecule has 0 saturated heterocycles. The van der Waals surface area contributed by atoms with Crippen LogP contribution < -0.4 is 9.04 Å². The molecule has 0 unspecified atom stereocenters. The Bertz CT molecular complexity index is 819. The quantitative estimate of drug-likeness (QED) is 0.565. The van der Waals surface area contributed by atoms with Gasteiger partial charge < -0.3 is 4.74 Å². The molecule has 0 saturated carbocycles. The lowest BCUT2D eigenvalue weighted by molar-refractivity contribution is -0.384. The molecule has 0 spiro atoms. The van der Waals surface area contributed by atoms with E-state index >= 15 is 0 Å². The summed E-state index contributed by atoms with van der Waals surface area (Å²) in [6, 6.07) is 11.6. The minimum absolute atomic E-state index is 0.00300. The highest BCUT2D eigenvalue weighted by atomic mass is 32.2. The van der Waals surface area contributed by atoms with E-state index in [0.29, 0.717) is 18.0 Å². The first-order chi connectivity index (χ1) is 11.4. The number of ether oxygens (including phenoxy) is 1. The van der Waals surface area contributed by atoms with Crippen LogP contribution in [0.4, 0.5) is 11.4 Å². The van der Waals surface area contributed by atoms with Crippen molar-refractivity contribution in [3.05, 3.63) is 58.6 Å². The molecule has 0 atom stereocenters. The SMILES string of the molecule is CCOc1cccc(N(CC)S(=O)(=O)c2ccc([N+](=O)[O-])cc2)c1. The van der Waals surface area contributed by atoms with Crippen LogP contribution in [0.5, 0.6) is 5.75 Å². The zero-order valence-electron chi connectivity index (χ0n) is 13.4. The molecule has 0 amide bonds. The second kappa shape index (κ2) is 7.31. The first-order valence-electron chi connectivity index (χ1n) is 7.40. The molecule has 0 heterocycles. The Morgan fingerprint density at radius 1 is 1.12 bits per heavy atom. The van der Waals surface area contributed by atoms with Gasteiger partial charge in [-0.25, -0.2) is 8.42 Å². The van der Waals surface area contributed by atoms with Gasteiger partial charge in [-0.15, -0.1) is 0 Å². The molecular formula is C16H18N2O5S. The van der Waals surface area contributed by atoms with Crippen molar-refractivity contribution in [3.63, 3.8) is 0 Å². The van der Waals surface area contributed by atoms with Gasteiger partial charge in [0.05, 0.1) is 22.1 Å². The molecule has 2 aromatic rings. The first kappa shape index (κ1) is 17.7. The second-order valence-corrected chi connectivity index (χ2v) is 6.71. The molecule has 0 radical (unpaired) electrons. The smallest absolute Gasteiger partial charge is 0.269 e. The van der Waals surface area contributed by atoms with Crippen LogP contribution in [-0.4, -0.2) is 26.5 Å². The maximum absolute atomic E-state index is 12.8. The minimum Gasteiger partial charge on any atom is -0.494 e. The number of nitrogens with zero attached hydrogens (tertiary/aromatic N) is 2. The molecule has 0 aliphatic heterocycles. The predicted octanol–water partition coefficient (Wildman–Crippen LogP) is 3.21. The number of hydrogen-bond acceptors (Lipinski definition) is 5. The Hall–Kier alpha value is -2.61. The molecule has 2 rings (SSSR count). The van der Waals surface area contributed by atoms with Gasteiger partial charge >= 0.3 is 0 Å². The van der Waals surface area contributed by atoms with Crippen LogP contribution in [0.2, 0.25) is 0 Å². The van der Waals surface area contributed by atoms with E-state index in [9.17, 15) is 18.5 Å². The first-order valence-corrected chi connectivity index (χ1v) is 8.84. The van der Waals surface area contributed by atoms with Gasteiger partial charge in [-0.1, -0.05) is 6.07 Å². The molecule has 0 N–H and O–H groups in total. The van der Waals surface area contributed by atoms with Crippen LogP contribution in [0.1, 0.15) is 13.8 Å². The van der Waals surface area contributed by atoms with E-state index in [1.165, 1.54) is 28.6 Å². The van der Waals surface area contributed by atoms with Crippen molar-refractivity contribution in [3.8, 4) is 5.75 Å². The third-order valence-corrected chi connectivity index (χ3v) is 5.26. The highest BCUT2D eigenvalue weighted by Gasteiger charge is 2.24. The summed E-state index contributed by atoms with van der Waals surface area (Å²) >= 11 is 0. The molecule has 0 aliphatic rings. The van der Waals surface area contributed by atoms with Crippen molar-refractivity contribution in [2.45, 2.75) is 18.7 Å². The van der Waals surface area contributed by atoms with Gasteiger partial charge in [0.2, 0.25) is 0 Å². The Labute approximate surface area is 140 Å². The van der Waals surface area contributed by atoms with Crippen LogP contribution in [0.3, 0.4) is 0 Å². The standard InChI is InChI=1S/C16H18N2O5S/c1-3-17(14-6-5-7-15(12-14)23-4-2)24(21,22)16-10-8-13(9-11-16)18(19)20/h5-12H,3-4H2,1-2H3. The van der Waals surface area contributed by atoms with Crippen molar-refractivity contribution in [1.29, 1.82) is 0 Å². The van der Waals surface area contributed by atoms with Crippen molar-refractivity contribution < 1.29 is 18.1 Å². The molecule has 128 valence electrons. The van der Waals surface area contributed by atoms with Gasteiger partial charge in [0.1, 0.15) is 5.75 Å². The predicted molar refractivity (Wildman–Crippen MR) is 90.9 cm³/mol. The molecule has 0 aliphatic carbocycles. The van der Waals surface area contributed by atoms with Gasteiger partial charge in [-0.05, 0) is 38.1 Å². The number of nitro benzene ring substituents is 1. The van der Waals surface area contributed by atoms with E-state index < -0.39 is 14.9 Å². The Morgan fingerprint density at radius 2 is 1.79 bits per heavy atom. The molecule has 0 aromatic heterocycles. The van der Waals surface area contributed by atoms with Crippen molar-refractivity contribution in [1.82, 2.24) is 0 Å². The van der Waals surface area contributed by atoms with Crippen LogP contribution in [0, 0.1) is 10.1 Å². The fourth-order valence-corrected chi connectivity index (χ4v) is 3.72. The lowest BCUT2D eigenvalue weighted by Crippen LogP contribution is -2.30.